The van der Waals surface area contributed by atoms with Crippen LogP contribution in [0.15, 0.2) is 18.2 Å². The molecule has 1 aromatic rings. The number of carbonyl (C=O) groups is 3. The van der Waals surface area contributed by atoms with Crippen molar-refractivity contribution in [3.05, 3.63) is 34.9 Å². The molecule has 7 heteroatoms. The van der Waals surface area contributed by atoms with Crippen molar-refractivity contribution in [1.82, 2.24) is 15.5 Å². The maximum absolute atomic E-state index is 12.7. The summed E-state index contributed by atoms with van der Waals surface area (Å²) in [4.78, 5) is 37.6. The van der Waals surface area contributed by atoms with Crippen LogP contribution in [0.3, 0.4) is 0 Å². The lowest BCUT2D eigenvalue weighted by Gasteiger charge is -2.29. The minimum atomic E-state index is -0.569. The van der Waals surface area contributed by atoms with Crippen molar-refractivity contribution in [2.75, 3.05) is 0 Å². The molecule has 4 N–H and O–H groups in total. The maximum atomic E-state index is 12.7. The number of rotatable bonds is 6. The average molecular weight is 358 g/mol. The first-order valence-corrected chi connectivity index (χ1v) is 9.10. The number of carbonyl (C=O) groups excluding carboxylic acids is 3. The van der Waals surface area contributed by atoms with Crippen LogP contribution in [0.4, 0.5) is 0 Å². The summed E-state index contributed by atoms with van der Waals surface area (Å²) < 4.78 is 0. The lowest BCUT2D eigenvalue weighted by Crippen LogP contribution is -2.52. The lowest BCUT2D eigenvalue weighted by molar-refractivity contribution is -0.136. The largest absolute Gasteiger partial charge is 0.328 e. The Kier molecular flexibility index (Phi) is 5.38. The summed E-state index contributed by atoms with van der Waals surface area (Å²) in [7, 11) is 0. The van der Waals surface area contributed by atoms with Gasteiger partial charge in [-0.05, 0) is 43.9 Å². The number of fused-ring (bicyclic) bond motifs is 1. The Labute approximate surface area is 153 Å². The molecule has 3 amide bonds. The van der Waals surface area contributed by atoms with Gasteiger partial charge in [0.2, 0.25) is 11.8 Å². The van der Waals surface area contributed by atoms with Crippen LogP contribution in [0.5, 0.6) is 0 Å². The van der Waals surface area contributed by atoms with E-state index in [1.54, 1.807) is 4.90 Å². The van der Waals surface area contributed by atoms with E-state index in [0.717, 1.165) is 17.5 Å². The van der Waals surface area contributed by atoms with Gasteiger partial charge in [-0.1, -0.05) is 12.1 Å². The predicted octanol–water partition coefficient (Wildman–Crippen LogP) is 0.663. The molecule has 2 heterocycles. The second-order valence-electron chi connectivity index (χ2n) is 7.39. The SMILES string of the molecule is CC(N)CC(C)NCc1ccc2c(c1)CN(C1CCC(=O)NC1=O)C2=O. The highest BCUT2D eigenvalue weighted by Crippen LogP contribution is 2.28. The molecule has 0 aliphatic carbocycles. The maximum Gasteiger partial charge on any atom is 0.255 e. The zero-order valence-electron chi connectivity index (χ0n) is 15.2. The molecule has 3 unspecified atom stereocenters. The van der Waals surface area contributed by atoms with E-state index in [2.05, 4.69) is 17.6 Å². The van der Waals surface area contributed by atoms with E-state index in [0.29, 0.717) is 31.1 Å². The molecule has 3 atom stereocenters. The predicted molar refractivity (Wildman–Crippen MR) is 97.1 cm³/mol. The first kappa shape index (κ1) is 18.5. The van der Waals surface area contributed by atoms with E-state index < -0.39 is 6.04 Å². The van der Waals surface area contributed by atoms with E-state index in [1.807, 2.05) is 25.1 Å². The molecule has 0 saturated carbocycles. The second-order valence-corrected chi connectivity index (χ2v) is 7.39. The Bertz CT molecular complexity index is 731. The van der Waals surface area contributed by atoms with E-state index in [-0.39, 0.29) is 30.2 Å². The molecule has 2 aliphatic heterocycles. The average Bonchev–Trinajstić information content (AvgIpc) is 2.88. The summed E-state index contributed by atoms with van der Waals surface area (Å²) >= 11 is 0. The first-order valence-electron chi connectivity index (χ1n) is 9.10. The van der Waals surface area contributed by atoms with Crippen LogP contribution in [0.2, 0.25) is 0 Å². The number of hydrogen-bond acceptors (Lipinski definition) is 5. The van der Waals surface area contributed by atoms with Gasteiger partial charge in [0.1, 0.15) is 6.04 Å². The van der Waals surface area contributed by atoms with Gasteiger partial charge in [0.15, 0.2) is 0 Å². The summed E-state index contributed by atoms with van der Waals surface area (Å²) in [5, 5.41) is 5.76. The molecule has 140 valence electrons. The Balaban J connectivity index is 1.66. The molecule has 7 nitrogen and oxygen atoms in total. The Morgan fingerprint density at radius 1 is 1.31 bits per heavy atom. The fraction of sp³-hybridized carbons (Fsp3) is 0.526. The Hall–Kier alpha value is -2.25. The summed E-state index contributed by atoms with van der Waals surface area (Å²) in [5.74, 6) is -0.793. The first-order chi connectivity index (χ1) is 12.3. The van der Waals surface area contributed by atoms with Crippen LogP contribution >= 0.6 is 0 Å². The highest BCUT2D eigenvalue weighted by molar-refractivity contribution is 6.05. The van der Waals surface area contributed by atoms with Crippen molar-refractivity contribution in [2.24, 2.45) is 5.73 Å². The normalized spacial score (nSPS) is 22.2. The lowest BCUT2D eigenvalue weighted by atomic mass is 10.0. The summed E-state index contributed by atoms with van der Waals surface area (Å²) in [6.45, 7) is 5.20. The molecule has 0 bridgehead atoms. The fourth-order valence-electron chi connectivity index (χ4n) is 3.67. The van der Waals surface area contributed by atoms with Gasteiger partial charge in [0, 0.05) is 37.2 Å². The molecule has 3 rings (SSSR count). The third-order valence-electron chi connectivity index (χ3n) is 4.97. The van der Waals surface area contributed by atoms with Crippen LogP contribution in [0.25, 0.3) is 0 Å². The van der Waals surface area contributed by atoms with Crippen molar-refractivity contribution in [1.29, 1.82) is 0 Å². The number of amides is 3. The second kappa shape index (κ2) is 7.55. The smallest absolute Gasteiger partial charge is 0.255 e. The number of hydrogen-bond donors (Lipinski definition) is 3. The van der Waals surface area contributed by atoms with Gasteiger partial charge in [-0.3, -0.25) is 19.7 Å². The van der Waals surface area contributed by atoms with E-state index in [4.69, 9.17) is 5.73 Å². The molecule has 0 aromatic heterocycles. The van der Waals surface area contributed by atoms with Crippen LogP contribution in [-0.2, 0) is 22.7 Å². The number of nitrogens with zero attached hydrogens (tertiary/aromatic N) is 1. The quantitative estimate of drug-likeness (QED) is 0.648. The Morgan fingerprint density at radius 2 is 2.08 bits per heavy atom. The topological polar surface area (TPSA) is 105 Å². The molecule has 0 spiro atoms. The summed E-state index contributed by atoms with van der Waals surface area (Å²) in [5.41, 5.74) is 8.49. The standard InChI is InChI=1S/C19H26N4O3/c1-11(20)7-12(2)21-9-13-3-4-15-14(8-13)10-23(19(15)26)16-5-6-17(24)22-18(16)25/h3-4,8,11-12,16,21H,5-7,9-10,20H2,1-2H3,(H,22,24,25). The molecule has 2 aliphatic rings. The minimum Gasteiger partial charge on any atom is -0.328 e. The number of benzene rings is 1. The molecule has 0 radical (unpaired) electrons. The summed E-state index contributed by atoms with van der Waals surface area (Å²) in [6.07, 6.45) is 1.55. The van der Waals surface area contributed by atoms with Gasteiger partial charge in [-0.25, -0.2) is 0 Å². The number of nitrogens with one attached hydrogen (secondary N) is 2. The third-order valence-corrected chi connectivity index (χ3v) is 4.97. The van der Waals surface area contributed by atoms with Gasteiger partial charge in [-0.15, -0.1) is 0 Å². The molecular weight excluding hydrogens is 332 g/mol. The Morgan fingerprint density at radius 3 is 2.77 bits per heavy atom. The van der Waals surface area contributed by atoms with Crippen molar-refractivity contribution in [2.45, 2.75) is 64.3 Å². The van der Waals surface area contributed by atoms with Gasteiger partial charge in [0.25, 0.3) is 5.91 Å². The van der Waals surface area contributed by atoms with Crippen LogP contribution in [0, 0.1) is 0 Å². The zero-order chi connectivity index (χ0) is 18.8. The van der Waals surface area contributed by atoms with E-state index >= 15 is 0 Å². The zero-order valence-corrected chi connectivity index (χ0v) is 15.2. The van der Waals surface area contributed by atoms with Crippen LogP contribution < -0.4 is 16.4 Å². The molecule has 1 fully saturated rings. The highest BCUT2D eigenvalue weighted by Gasteiger charge is 2.38. The molecular formula is C19H26N4O3. The number of imide groups is 1. The van der Waals surface area contributed by atoms with Crippen molar-refractivity contribution in [3.63, 3.8) is 0 Å². The van der Waals surface area contributed by atoms with Gasteiger partial charge < -0.3 is 16.0 Å². The van der Waals surface area contributed by atoms with E-state index in [1.165, 1.54) is 0 Å². The molecule has 1 aromatic carbocycles. The van der Waals surface area contributed by atoms with Crippen molar-refractivity contribution in [3.8, 4) is 0 Å². The molecule has 1 saturated heterocycles. The minimum absolute atomic E-state index is 0.140. The van der Waals surface area contributed by atoms with E-state index in [9.17, 15) is 14.4 Å². The summed E-state index contributed by atoms with van der Waals surface area (Å²) in [6, 6.07) is 5.68. The highest BCUT2D eigenvalue weighted by atomic mass is 16.2. The van der Waals surface area contributed by atoms with Crippen LogP contribution in [-0.4, -0.2) is 40.7 Å². The fourth-order valence-corrected chi connectivity index (χ4v) is 3.67. The van der Waals surface area contributed by atoms with Gasteiger partial charge in [-0.2, -0.15) is 0 Å². The van der Waals surface area contributed by atoms with Crippen molar-refractivity contribution >= 4 is 17.7 Å². The van der Waals surface area contributed by atoms with Gasteiger partial charge in [0.05, 0.1) is 0 Å². The number of nitrogens with two attached hydrogens (primary N) is 1. The van der Waals surface area contributed by atoms with Crippen molar-refractivity contribution < 1.29 is 14.4 Å². The van der Waals surface area contributed by atoms with Crippen LogP contribution in [0.1, 0.15) is 54.6 Å². The third kappa shape index (κ3) is 3.94. The monoisotopic (exact) mass is 358 g/mol. The molecule has 26 heavy (non-hydrogen) atoms. The number of piperidine rings is 1. The van der Waals surface area contributed by atoms with Gasteiger partial charge >= 0.3 is 0 Å².